The van der Waals surface area contributed by atoms with Crippen LogP contribution in [0, 0.1) is 0 Å². The van der Waals surface area contributed by atoms with Gasteiger partial charge in [-0.1, -0.05) is 34.1 Å². The second-order valence-corrected chi connectivity index (χ2v) is 8.07. The SMILES string of the molecule is COc1ccc(-c2cnc(N)nc2-c2ccc(OCc3ccc(Br)cc3)cc2O)cc1OC. The van der Waals surface area contributed by atoms with Gasteiger partial charge < -0.3 is 25.1 Å². The van der Waals surface area contributed by atoms with Crippen molar-refractivity contribution in [2.75, 3.05) is 20.0 Å². The molecule has 4 rings (SSSR count). The first-order valence-corrected chi connectivity index (χ1v) is 10.8. The number of phenols is 1. The van der Waals surface area contributed by atoms with E-state index in [9.17, 15) is 5.11 Å². The number of nitrogens with zero attached hydrogens (tertiary/aromatic N) is 2. The van der Waals surface area contributed by atoms with E-state index in [1.165, 1.54) is 0 Å². The molecule has 3 aromatic carbocycles. The van der Waals surface area contributed by atoms with Gasteiger partial charge in [0.1, 0.15) is 18.1 Å². The molecule has 0 radical (unpaired) electrons. The van der Waals surface area contributed by atoms with Gasteiger partial charge in [0.2, 0.25) is 5.95 Å². The second kappa shape index (κ2) is 9.79. The highest BCUT2D eigenvalue weighted by molar-refractivity contribution is 9.10. The third-order valence-electron chi connectivity index (χ3n) is 5.05. The Morgan fingerprint density at radius 2 is 1.67 bits per heavy atom. The summed E-state index contributed by atoms with van der Waals surface area (Å²) in [5.41, 5.74) is 9.36. The fourth-order valence-electron chi connectivity index (χ4n) is 3.36. The molecule has 0 amide bonds. The van der Waals surface area contributed by atoms with Gasteiger partial charge in [-0.3, -0.25) is 0 Å². The number of benzene rings is 3. The lowest BCUT2D eigenvalue weighted by molar-refractivity contribution is 0.304. The van der Waals surface area contributed by atoms with E-state index in [0.717, 1.165) is 15.6 Å². The number of hydrogen-bond donors (Lipinski definition) is 2. The minimum Gasteiger partial charge on any atom is -0.507 e. The summed E-state index contributed by atoms with van der Waals surface area (Å²) in [5.74, 6) is 1.83. The lowest BCUT2D eigenvalue weighted by Crippen LogP contribution is -2.00. The maximum atomic E-state index is 10.8. The number of rotatable bonds is 7. The molecule has 0 aliphatic carbocycles. The van der Waals surface area contributed by atoms with Crippen LogP contribution in [0.2, 0.25) is 0 Å². The molecule has 168 valence electrons. The highest BCUT2D eigenvalue weighted by atomic mass is 79.9. The Bertz CT molecular complexity index is 1280. The molecule has 0 atom stereocenters. The van der Waals surface area contributed by atoms with Crippen LogP contribution >= 0.6 is 15.9 Å². The van der Waals surface area contributed by atoms with Crippen LogP contribution < -0.4 is 19.9 Å². The Morgan fingerprint density at radius 1 is 0.909 bits per heavy atom. The van der Waals surface area contributed by atoms with E-state index in [0.29, 0.717) is 40.7 Å². The first-order chi connectivity index (χ1) is 16.0. The number of anilines is 1. The van der Waals surface area contributed by atoms with Crippen molar-refractivity contribution in [3.63, 3.8) is 0 Å². The molecule has 3 N–H and O–H groups in total. The summed E-state index contributed by atoms with van der Waals surface area (Å²) < 4.78 is 17.6. The molecular weight excluding hydrogens is 486 g/mol. The Balaban J connectivity index is 1.66. The summed E-state index contributed by atoms with van der Waals surface area (Å²) >= 11 is 3.42. The third-order valence-corrected chi connectivity index (χ3v) is 5.57. The van der Waals surface area contributed by atoms with Gasteiger partial charge >= 0.3 is 0 Å². The number of nitrogens with two attached hydrogens (primary N) is 1. The van der Waals surface area contributed by atoms with Crippen molar-refractivity contribution in [1.82, 2.24) is 9.97 Å². The molecule has 0 saturated carbocycles. The van der Waals surface area contributed by atoms with Crippen LogP contribution in [0.25, 0.3) is 22.4 Å². The average Bonchev–Trinajstić information content (AvgIpc) is 2.83. The largest absolute Gasteiger partial charge is 0.507 e. The number of aromatic nitrogens is 2. The zero-order valence-corrected chi connectivity index (χ0v) is 19.7. The van der Waals surface area contributed by atoms with Crippen molar-refractivity contribution in [2.45, 2.75) is 6.61 Å². The van der Waals surface area contributed by atoms with E-state index >= 15 is 0 Å². The minimum atomic E-state index is 0.0168. The summed E-state index contributed by atoms with van der Waals surface area (Å²) in [6, 6.07) is 18.4. The highest BCUT2D eigenvalue weighted by Gasteiger charge is 2.17. The molecule has 8 heteroatoms. The molecule has 33 heavy (non-hydrogen) atoms. The standard InChI is InChI=1S/C25H22BrN3O4/c1-31-22-10-5-16(11-23(22)32-2)20-13-28-25(27)29-24(20)19-9-8-18(12-21(19)30)33-14-15-3-6-17(26)7-4-15/h3-13,30H,14H2,1-2H3,(H2,27,28,29). The predicted molar refractivity (Wildman–Crippen MR) is 131 cm³/mol. The summed E-state index contributed by atoms with van der Waals surface area (Å²) in [5, 5.41) is 10.8. The number of phenolic OH excluding ortho intramolecular Hbond substituents is 1. The summed E-state index contributed by atoms with van der Waals surface area (Å²) in [4.78, 5) is 8.54. The summed E-state index contributed by atoms with van der Waals surface area (Å²) in [6.07, 6.45) is 1.62. The van der Waals surface area contributed by atoms with Crippen LogP contribution in [0.15, 0.2) is 71.3 Å². The highest BCUT2D eigenvalue weighted by Crippen LogP contribution is 2.39. The number of methoxy groups -OCH3 is 2. The summed E-state index contributed by atoms with van der Waals surface area (Å²) in [6.45, 7) is 0.378. The molecule has 0 aliphatic rings. The van der Waals surface area contributed by atoms with E-state index in [4.69, 9.17) is 19.9 Å². The second-order valence-electron chi connectivity index (χ2n) is 7.15. The predicted octanol–water partition coefficient (Wildman–Crippen LogP) is 5.46. The van der Waals surface area contributed by atoms with Crippen molar-refractivity contribution < 1.29 is 19.3 Å². The van der Waals surface area contributed by atoms with E-state index in [1.54, 1.807) is 44.7 Å². The number of halogens is 1. The van der Waals surface area contributed by atoms with Crippen molar-refractivity contribution in [3.05, 3.63) is 76.9 Å². The van der Waals surface area contributed by atoms with Gasteiger partial charge in [0.05, 0.1) is 19.9 Å². The number of nitrogen functional groups attached to an aromatic ring is 1. The molecular formula is C25H22BrN3O4. The molecule has 0 aliphatic heterocycles. The fraction of sp³-hybridized carbons (Fsp3) is 0.120. The van der Waals surface area contributed by atoms with Gasteiger partial charge in [-0.15, -0.1) is 0 Å². The van der Waals surface area contributed by atoms with Crippen molar-refractivity contribution in [2.24, 2.45) is 0 Å². The number of aromatic hydroxyl groups is 1. The molecule has 0 spiro atoms. The van der Waals surface area contributed by atoms with Gasteiger partial charge in [0.15, 0.2) is 11.5 Å². The molecule has 1 heterocycles. The molecule has 4 aromatic rings. The molecule has 0 bridgehead atoms. The molecule has 0 unspecified atom stereocenters. The Hall–Kier alpha value is -3.78. The van der Waals surface area contributed by atoms with Gasteiger partial charge in [0, 0.05) is 27.9 Å². The number of ether oxygens (including phenoxy) is 3. The minimum absolute atomic E-state index is 0.0168. The van der Waals surface area contributed by atoms with E-state index in [1.807, 2.05) is 36.4 Å². The first-order valence-electron chi connectivity index (χ1n) is 10.0. The third kappa shape index (κ3) is 5.01. The smallest absolute Gasteiger partial charge is 0.220 e. The van der Waals surface area contributed by atoms with Gasteiger partial charge in [-0.2, -0.15) is 0 Å². The molecule has 0 fully saturated rings. The van der Waals surface area contributed by atoms with Crippen molar-refractivity contribution in [1.29, 1.82) is 0 Å². The van der Waals surface area contributed by atoms with Crippen molar-refractivity contribution >= 4 is 21.9 Å². The lowest BCUT2D eigenvalue weighted by Gasteiger charge is -2.14. The molecule has 7 nitrogen and oxygen atoms in total. The molecule has 1 aromatic heterocycles. The summed E-state index contributed by atoms with van der Waals surface area (Å²) in [7, 11) is 3.15. The van der Waals surface area contributed by atoms with Gasteiger partial charge in [-0.25, -0.2) is 9.97 Å². The van der Waals surface area contributed by atoms with E-state index in [-0.39, 0.29) is 11.7 Å². The van der Waals surface area contributed by atoms with Crippen LogP contribution in [0.5, 0.6) is 23.0 Å². The van der Waals surface area contributed by atoms with E-state index < -0.39 is 0 Å². The maximum Gasteiger partial charge on any atom is 0.220 e. The maximum absolute atomic E-state index is 10.8. The first kappa shape index (κ1) is 22.4. The monoisotopic (exact) mass is 507 g/mol. The van der Waals surface area contributed by atoms with Gasteiger partial charge in [0.25, 0.3) is 0 Å². The zero-order chi connectivity index (χ0) is 23.4. The van der Waals surface area contributed by atoms with Crippen LogP contribution in [0.4, 0.5) is 5.95 Å². The van der Waals surface area contributed by atoms with E-state index in [2.05, 4.69) is 25.9 Å². The Morgan fingerprint density at radius 3 is 2.36 bits per heavy atom. The average molecular weight is 508 g/mol. The zero-order valence-electron chi connectivity index (χ0n) is 18.1. The Labute approximate surface area is 199 Å². The van der Waals surface area contributed by atoms with Gasteiger partial charge in [-0.05, 0) is 47.5 Å². The van der Waals surface area contributed by atoms with Crippen molar-refractivity contribution in [3.8, 4) is 45.4 Å². The normalized spacial score (nSPS) is 10.6. The lowest BCUT2D eigenvalue weighted by atomic mass is 9.99. The number of hydrogen-bond acceptors (Lipinski definition) is 7. The van der Waals surface area contributed by atoms with Crippen LogP contribution in [0.3, 0.4) is 0 Å². The quantitative estimate of drug-likeness (QED) is 0.342. The van der Waals surface area contributed by atoms with Crippen LogP contribution in [-0.4, -0.2) is 29.3 Å². The Kier molecular flexibility index (Phi) is 6.65. The van der Waals surface area contributed by atoms with Crippen LogP contribution in [0.1, 0.15) is 5.56 Å². The van der Waals surface area contributed by atoms with Crippen LogP contribution in [-0.2, 0) is 6.61 Å². The molecule has 0 saturated heterocycles. The topological polar surface area (TPSA) is 99.7 Å². The fourth-order valence-corrected chi connectivity index (χ4v) is 3.63.